The standard InChI is InChI=1S/C21H25N3O/c25-21-18(10-13-24(21)19-7-2-1-3-8-19)16-17-6-4-5-9-20(17)23-14-11-22-12-15-23/h1-9,18,22H,10-16H2/t18-/m1/s1. The summed E-state index contributed by atoms with van der Waals surface area (Å²) in [6.45, 7) is 4.94. The lowest BCUT2D eigenvalue weighted by Crippen LogP contribution is -2.44. The van der Waals surface area contributed by atoms with Crippen LogP contribution in [-0.4, -0.2) is 38.6 Å². The molecule has 1 N–H and O–H groups in total. The summed E-state index contributed by atoms with van der Waals surface area (Å²) in [5.41, 5.74) is 3.62. The fourth-order valence-electron chi connectivity index (χ4n) is 3.96. The van der Waals surface area contributed by atoms with Crippen molar-refractivity contribution in [1.29, 1.82) is 0 Å². The minimum Gasteiger partial charge on any atom is -0.369 e. The van der Waals surface area contributed by atoms with Gasteiger partial charge in [-0.05, 0) is 36.6 Å². The van der Waals surface area contributed by atoms with Gasteiger partial charge in [-0.3, -0.25) is 4.79 Å². The molecular weight excluding hydrogens is 310 g/mol. The Labute approximate surface area is 149 Å². The normalized spacial score (nSPS) is 21.0. The lowest BCUT2D eigenvalue weighted by Gasteiger charge is -2.31. The molecule has 0 aromatic heterocycles. The highest BCUT2D eigenvalue weighted by atomic mass is 16.2. The van der Waals surface area contributed by atoms with Crippen molar-refractivity contribution in [1.82, 2.24) is 5.32 Å². The van der Waals surface area contributed by atoms with Gasteiger partial charge in [0.2, 0.25) is 5.91 Å². The molecule has 1 atom stereocenters. The van der Waals surface area contributed by atoms with Crippen LogP contribution >= 0.6 is 0 Å². The first-order valence-electron chi connectivity index (χ1n) is 9.23. The first-order chi connectivity index (χ1) is 12.3. The SMILES string of the molecule is O=C1[C@@H](Cc2ccccc2N2CCNCC2)CCN1c1ccccc1. The number of carbonyl (C=O) groups excluding carboxylic acids is 1. The summed E-state index contributed by atoms with van der Waals surface area (Å²) in [4.78, 5) is 17.3. The number of benzene rings is 2. The minimum absolute atomic E-state index is 0.0873. The summed E-state index contributed by atoms with van der Waals surface area (Å²) >= 11 is 0. The molecule has 2 heterocycles. The van der Waals surface area contributed by atoms with Crippen molar-refractivity contribution in [3.05, 3.63) is 60.2 Å². The van der Waals surface area contributed by atoms with Crippen molar-refractivity contribution >= 4 is 17.3 Å². The highest BCUT2D eigenvalue weighted by molar-refractivity contribution is 5.97. The van der Waals surface area contributed by atoms with Crippen LogP contribution in [0.2, 0.25) is 0 Å². The van der Waals surface area contributed by atoms with Crippen LogP contribution in [0, 0.1) is 5.92 Å². The number of piperazine rings is 1. The third-order valence-corrected chi connectivity index (χ3v) is 5.30. The lowest BCUT2D eigenvalue weighted by molar-refractivity contribution is -0.120. The maximum Gasteiger partial charge on any atom is 0.230 e. The van der Waals surface area contributed by atoms with Gasteiger partial charge in [-0.25, -0.2) is 0 Å². The third-order valence-electron chi connectivity index (χ3n) is 5.30. The van der Waals surface area contributed by atoms with Gasteiger partial charge in [-0.2, -0.15) is 0 Å². The molecule has 4 rings (SSSR count). The molecule has 4 heteroatoms. The van der Waals surface area contributed by atoms with Gasteiger partial charge < -0.3 is 15.1 Å². The van der Waals surface area contributed by atoms with Crippen molar-refractivity contribution in [2.45, 2.75) is 12.8 Å². The molecule has 130 valence electrons. The molecule has 2 aliphatic heterocycles. The van der Waals surface area contributed by atoms with Crippen LogP contribution in [0.4, 0.5) is 11.4 Å². The Bertz CT molecular complexity index is 725. The van der Waals surface area contributed by atoms with Crippen LogP contribution in [-0.2, 0) is 11.2 Å². The van der Waals surface area contributed by atoms with E-state index in [4.69, 9.17) is 0 Å². The number of rotatable bonds is 4. The second kappa shape index (κ2) is 7.28. The summed E-state index contributed by atoms with van der Waals surface area (Å²) in [5.74, 6) is 0.352. The molecule has 4 nitrogen and oxygen atoms in total. The largest absolute Gasteiger partial charge is 0.369 e. The Kier molecular flexibility index (Phi) is 4.70. The van der Waals surface area contributed by atoms with Crippen LogP contribution < -0.4 is 15.1 Å². The van der Waals surface area contributed by atoms with E-state index in [1.165, 1.54) is 11.3 Å². The topological polar surface area (TPSA) is 35.6 Å². The first-order valence-corrected chi connectivity index (χ1v) is 9.23. The smallest absolute Gasteiger partial charge is 0.230 e. The average Bonchev–Trinajstić information content (AvgIpc) is 3.04. The molecule has 2 fully saturated rings. The molecule has 2 saturated heterocycles. The van der Waals surface area contributed by atoms with E-state index in [1.807, 2.05) is 35.2 Å². The number of hydrogen-bond acceptors (Lipinski definition) is 3. The number of amides is 1. The fraction of sp³-hybridized carbons (Fsp3) is 0.381. The maximum absolute atomic E-state index is 12.9. The second-order valence-corrected chi connectivity index (χ2v) is 6.88. The Hall–Kier alpha value is -2.33. The van der Waals surface area contributed by atoms with Gasteiger partial charge in [0.25, 0.3) is 0 Å². The van der Waals surface area contributed by atoms with Gasteiger partial charge in [-0.1, -0.05) is 36.4 Å². The zero-order valence-electron chi connectivity index (χ0n) is 14.5. The number of carbonyl (C=O) groups is 1. The third kappa shape index (κ3) is 3.40. The monoisotopic (exact) mass is 335 g/mol. The number of anilines is 2. The molecule has 0 unspecified atom stereocenters. The number of hydrogen-bond donors (Lipinski definition) is 1. The first kappa shape index (κ1) is 16.2. The van der Waals surface area contributed by atoms with Crippen molar-refractivity contribution in [3.8, 4) is 0 Å². The zero-order valence-corrected chi connectivity index (χ0v) is 14.5. The minimum atomic E-state index is 0.0873. The molecular formula is C21H25N3O. The number of nitrogens with one attached hydrogen (secondary N) is 1. The summed E-state index contributed by atoms with van der Waals surface area (Å²) < 4.78 is 0. The van der Waals surface area contributed by atoms with E-state index in [1.54, 1.807) is 0 Å². The summed E-state index contributed by atoms with van der Waals surface area (Å²) in [6, 6.07) is 18.6. The molecule has 0 spiro atoms. The lowest BCUT2D eigenvalue weighted by atomic mass is 9.96. The van der Waals surface area contributed by atoms with Crippen LogP contribution in [0.25, 0.3) is 0 Å². The van der Waals surface area contributed by atoms with Gasteiger partial charge in [0.05, 0.1) is 0 Å². The average molecular weight is 335 g/mol. The van der Waals surface area contributed by atoms with Crippen LogP contribution in [0.1, 0.15) is 12.0 Å². The quantitative estimate of drug-likeness (QED) is 0.933. The van der Waals surface area contributed by atoms with E-state index < -0.39 is 0 Å². The van der Waals surface area contributed by atoms with E-state index in [2.05, 4.69) is 34.5 Å². The van der Waals surface area contributed by atoms with E-state index in [9.17, 15) is 4.79 Å². The zero-order chi connectivity index (χ0) is 17.1. The van der Waals surface area contributed by atoms with Crippen molar-refractivity contribution in [2.24, 2.45) is 5.92 Å². The Morgan fingerprint density at radius 1 is 0.920 bits per heavy atom. The van der Waals surface area contributed by atoms with Gasteiger partial charge >= 0.3 is 0 Å². The second-order valence-electron chi connectivity index (χ2n) is 6.88. The maximum atomic E-state index is 12.9. The van der Waals surface area contributed by atoms with Crippen LogP contribution in [0.3, 0.4) is 0 Å². The van der Waals surface area contributed by atoms with Crippen molar-refractivity contribution < 1.29 is 4.79 Å². The van der Waals surface area contributed by atoms with Crippen molar-refractivity contribution in [2.75, 3.05) is 42.5 Å². The molecule has 0 bridgehead atoms. The Balaban J connectivity index is 1.50. The van der Waals surface area contributed by atoms with E-state index >= 15 is 0 Å². The van der Waals surface area contributed by atoms with Crippen molar-refractivity contribution in [3.63, 3.8) is 0 Å². The molecule has 2 aromatic rings. The van der Waals surface area contributed by atoms with Gasteiger partial charge in [0, 0.05) is 50.0 Å². The molecule has 2 aromatic carbocycles. The summed E-state index contributed by atoms with van der Waals surface area (Å²) in [6.07, 6.45) is 1.77. The van der Waals surface area contributed by atoms with Gasteiger partial charge in [0.1, 0.15) is 0 Å². The van der Waals surface area contributed by atoms with E-state index in [0.717, 1.165) is 51.3 Å². The molecule has 0 radical (unpaired) electrons. The highest BCUT2D eigenvalue weighted by Crippen LogP contribution is 2.30. The van der Waals surface area contributed by atoms with Crippen LogP contribution in [0.15, 0.2) is 54.6 Å². The van der Waals surface area contributed by atoms with Gasteiger partial charge in [0.15, 0.2) is 0 Å². The van der Waals surface area contributed by atoms with Gasteiger partial charge in [-0.15, -0.1) is 0 Å². The van der Waals surface area contributed by atoms with E-state index in [-0.39, 0.29) is 11.8 Å². The predicted molar refractivity (Wildman–Crippen MR) is 102 cm³/mol. The molecule has 1 amide bonds. The number of nitrogens with zero attached hydrogens (tertiary/aromatic N) is 2. The summed E-state index contributed by atoms with van der Waals surface area (Å²) in [7, 11) is 0. The molecule has 25 heavy (non-hydrogen) atoms. The molecule has 0 aliphatic carbocycles. The number of para-hydroxylation sites is 2. The fourth-order valence-corrected chi connectivity index (χ4v) is 3.96. The summed E-state index contributed by atoms with van der Waals surface area (Å²) in [5, 5.41) is 3.41. The van der Waals surface area contributed by atoms with E-state index in [0.29, 0.717) is 0 Å². The molecule has 0 saturated carbocycles. The predicted octanol–water partition coefficient (Wildman–Crippen LogP) is 2.69. The Morgan fingerprint density at radius 2 is 1.64 bits per heavy atom. The van der Waals surface area contributed by atoms with Crippen LogP contribution in [0.5, 0.6) is 0 Å². The highest BCUT2D eigenvalue weighted by Gasteiger charge is 2.33. The Morgan fingerprint density at radius 3 is 2.44 bits per heavy atom. The molecule has 2 aliphatic rings.